The molecule has 1 aromatic rings. The number of benzene rings is 1. The van der Waals surface area contributed by atoms with Crippen LogP contribution in [0.15, 0.2) is 30.3 Å². The van der Waals surface area contributed by atoms with Gasteiger partial charge in [0.1, 0.15) is 8.07 Å². The van der Waals surface area contributed by atoms with E-state index in [0.29, 0.717) is 0 Å². The highest BCUT2D eigenvalue weighted by Crippen LogP contribution is 2.42. The van der Waals surface area contributed by atoms with E-state index in [1.165, 1.54) is 6.07 Å². The molecule has 0 heterocycles. The Kier molecular flexibility index (Phi) is 5.25. The zero-order chi connectivity index (χ0) is 17.2. The standard InChI is InChI=1S/C12H11F9Si/c13-10(14,15)6-22(7-11(16,17)18,8-12(19,20)21)9-4-2-1-3-5-9/h1-5H,6-8H2. The zero-order valence-corrected chi connectivity index (χ0v) is 11.9. The summed E-state index contributed by atoms with van der Waals surface area (Å²) in [7, 11) is -4.95. The van der Waals surface area contributed by atoms with Gasteiger partial charge in [-0.3, -0.25) is 0 Å². The molecule has 0 spiro atoms. The van der Waals surface area contributed by atoms with E-state index in [-0.39, 0.29) is 0 Å². The van der Waals surface area contributed by atoms with Gasteiger partial charge in [-0.1, -0.05) is 35.5 Å². The first-order chi connectivity index (χ1) is 9.73. The van der Waals surface area contributed by atoms with Crippen molar-refractivity contribution >= 4 is 13.3 Å². The molecule has 0 atom stereocenters. The molecule has 22 heavy (non-hydrogen) atoms. The van der Waals surface area contributed by atoms with Gasteiger partial charge in [-0.15, -0.1) is 0 Å². The first-order valence-corrected chi connectivity index (χ1v) is 8.60. The van der Waals surface area contributed by atoms with Gasteiger partial charge >= 0.3 is 18.5 Å². The number of hydrogen-bond donors (Lipinski definition) is 0. The lowest BCUT2D eigenvalue weighted by atomic mass is 10.4. The Labute approximate surface area is 120 Å². The van der Waals surface area contributed by atoms with Crippen LogP contribution in [0.1, 0.15) is 0 Å². The Morgan fingerprint density at radius 3 is 1.18 bits per heavy atom. The molecule has 1 rings (SSSR count). The van der Waals surface area contributed by atoms with Gasteiger partial charge in [-0.05, 0) is 0 Å². The van der Waals surface area contributed by atoms with Crippen LogP contribution in [-0.2, 0) is 0 Å². The molecule has 0 aliphatic rings. The van der Waals surface area contributed by atoms with Gasteiger partial charge in [0.05, 0.1) is 0 Å². The molecule has 0 aliphatic heterocycles. The predicted molar refractivity (Wildman–Crippen MR) is 64.4 cm³/mol. The van der Waals surface area contributed by atoms with Crippen molar-refractivity contribution in [3.05, 3.63) is 30.3 Å². The molecule has 0 saturated carbocycles. The third-order valence-corrected chi connectivity index (χ3v) is 7.79. The number of hydrogen-bond acceptors (Lipinski definition) is 0. The van der Waals surface area contributed by atoms with Crippen molar-refractivity contribution in [2.45, 2.75) is 36.7 Å². The van der Waals surface area contributed by atoms with Crippen molar-refractivity contribution in [2.24, 2.45) is 0 Å². The summed E-state index contributed by atoms with van der Waals surface area (Å²) in [4.78, 5) is 0. The normalized spacial score (nSPS) is 14.2. The number of rotatable bonds is 4. The van der Waals surface area contributed by atoms with Crippen molar-refractivity contribution < 1.29 is 39.5 Å². The maximum Gasteiger partial charge on any atom is 0.387 e. The summed E-state index contributed by atoms with van der Waals surface area (Å²) in [5, 5.41) is -0.498. The third kappa shape index (κ3) is 6.28. The van der Waals surface area contributed by atoms with Gasteiger partial charge in [-0.25, -0.2) is 0 Å². The number of alkyl halides is 9. The molecule has 0 bridgehead atoms. The van der Waals surface area contributed by atoms with E-state index in [2.05, 4.69) is 0 Å². The fourth-order valence-electron chi connectivity index (χ4n) is 2.44. The van der Waals surface area contributed by atoms with Crippen LogP contribution >= 0.6 is 0 Å². The highest BCUT2D eigenvalue weighted by Gasteiger charge is 2.56. The molecule has 0 fully saturated rings. The summed E-state index contributed by atoms with van der Waals surface area (Å²) in [5.74, 6) is 0. The summed E-state index contributed by atoms with van der Waals surface area (Å²) < 4.78 is 114. The van der Waals surface area contributed by atoms with Crippen LogP contribution in [0.2, 0.25) is 18.1 Å². The molecule has 10 heteroatoms. The minimum atomic E-state index is -5.11. The molecule has 0 nitrogen and oxygen atoms in total. The quantitative estimate of drug-likeness (QED) is 0.526. The van der Waals surface area contributed by atoms with Crippen LogP contribution in [0.25, 0.3) is 0 Å². The van der Waals surface area contributed by atoms with E-state index in [1.54, 1.807) is 0 Å². The van der Waals surface area contributed by atoms with Crippen LogP contribution < -0.4 is 5.19 Å². The van der Waals surface area contributed by atoms with Gasteiger partial charge in [-0.2, -0.15) is 39.5 Å². The van der Waals surface area contributed by atoms with E-state index in [9.17, 15) is 39.5 Å². The SMILES string of the molecule is FC(F)(F)C[Si](CC(F)(F)F)(CC(F)(F)F)c1ccccc1. The van der Waals surface area contributed by atoms with Gasteiger partial charge in [0.15, 0.2) is 0 Å². The minimum Gasteiger partial charge on any atom is -0.172 e. The first kappa shape index (κ1) is 18.9. The maximum atomic E-state index is 12.7. The van der Waals surface area contributed by atoms with E-state index in [0.717, 1.165) is 24.3 Å². The van der Waals surface area contributed by atoms with Crippen molar-refractivity contribution in [3.8, 4) is 0 Å². The largest absolute Gasteiger partial charge is 0.387 e. The van der Waals surface area contributed by atoms with Gasteiger partial charge in [0, 0.05) is 18.1 Å². The Morgan fingerprint density at radius 1 is 0.591 bits per heavy atom. The van der Waals surface area contributed by atoms with Crippen molar-refractivity contribution in [2.75, 3.05) is 0 Å². The fourth-order valence-corrected chi connectivity index (χ4v) is 6.63. The summed E-state index contributed by atoms with van der Waals surface area (Å²) in [6.45, 7) is 0. The lowest BCUT2D eigenvalue weighted by molar-refractivity contribution is -0.126. The minimum absolute atomic E-state index is 0.498. The summed E-state index contributed by atoms with van der Waals surface area (Å²) in [6, 6.07) is -0.780. The first-order valence-electron chi connectivity index (χ1n) is 5.98. The van der Waals surface area contributed by atoms with Crippen molar-refractivity contribution in [3.63, 3.8) is 0 Å². The zero-order valence-electron chi connectivity index (χ0n) is 10.9. The van der Waals surface area contributed by atoms with Crippen molar-refractivity contribution in [1.82, 2.24) is 0 Å². The summed E-state index contributed by atoms with van der Waals surface area (Å²) in [6.07, 6.45) is -15.3. The van der Waals surface area contributed by atoms with E-state index >= 15 is 0 Å². The van der Waals surface area contributed by atoms with Crippen molar-refractivity contribution in [1.29, 1.82) is 0 Å². The Hall–Kier alpha value is -1.19. The van der Waals surface area contributed by atoms with Gasteiger partial charge in [0.2, 0.25) is 0 Å². The maximum absolute atomic E-state index is 12.7. The van der Waals surface area contributed by atoms with Crippen LogP contribution in [0, 0.1) is 0 Å². The molecule has 0 saturated heterocycles. The Morgan fingerprint density at radius 2 is 0.909 bits per heavy atom. The lowest BCUT2D eigenvalue weighted by Crippen LogP contribution is -2.55. The van der Waals surface area contributed by atoms with Crippen LogP contribution in [0.3, 0.4) is 0 Å². The van der Waals surface area contributed by atoms with E-state index in [4.69, 9.17) is 0 Å². The van der Waals surface area contributed by atoms with Crippen LogP contribution in [0.5, 0.6) is 0 Å². The molecule has 1 aromatic carbocycles. The highest BCUT2D eigenvalue weighted by molar-refractivity contribution is 6.92. The topological polar surface area (TPSA) is 0 Å². The smallest absolute Gasteiger partial charge is 0.172 e. The summed E-state index contributed by atoms with van der Waals surface area (Å²) >= 11 is 0. The third-order valence-electron chi connectivity index (χ3n) is 3.00. The van der Waals surface area contributed by atoms with Crippen LogP contribution in [-0.4, -0.2) is 26.6 Å². The summed E-state index contributed by atoms with van der Waals surface area (Å²) in [5.41, 5.74) is 0. The fraction of sp³-hybridized carbons (Fsp3) is 0.500. The monoisotopic (exact) mass is 354 g/mol. The Balaban J connectivity index is 3.41. The van der Waals surface area contributed by atoms with Gasteiger partial charge < -0.3 is 0 Å². The highest BCUT2D eigenvalue weighted by atomic mass is 28.3. The molecule has 0 unspecified atom stereocenters. The molecule has 0 aromatic heterocycles. The molecule has 0 amide bonds. The number of halogens is 9. The molecular weight excluding hydrogens is 343 g/mol. The van der Waals surface area contributed by atoms with Gasteiger partial charge in [0.25, 0.3) is 0 Å². The molecular formula is C12H11F9Si. The second kappa shape index (κ2) is 6.13. The average molecular weight is 354 g/mol. The lowest BCUT2D eigenvalue weighted by Gasteiger charge is -2.34. The average Bonchev–Trinajstić information content (AvgIpc) is 2.22. The molecule has 0 aliphatic carbocycles. The Bertz CT molecular complexity index is 431. The molecule has 126 valence electrons. The predicted octanol–water partition coefficient (Wildman–Crippen LogP) is 5.03. The second-order valence-corrected chi connectivity index (χ2v) is 9.22. The van der Waals surface area contributed by atoms with E-state index in [1.807, 2.05) is 0 Å². The van der Waals surface area contributed by atoms with Crippen LogP contribution in [0.4, 0.5) is 39.5 Å². The molecule has 0 radical (unpaired) electrons. The second-order valence-electron chi connectivity index (χ2n) is 5.02. The molecule has 0 N–H and O–H groups in total. The van der Waals surface area contributed by atoms with E-state index < -0.39 is 49.9 Å².